The molecule has 3 aromatic rings. The van der Waals surface area contributed by atoms with E-state index < -0.39 is 0 Å². The summed E-state index contributed by atoms with van der Waals surface area (Å²) in [4.78, 5) is 36.1. The van der Waals surface area contributed by atoms with Gasteiger partial charge in [-0.25, -0.2) is 0 Å². The fourth-order valence-electron chi connectivity index (χ4n) is 3.07. The van der Waals surface area contributed by atoms with E-state index in [0.29, 0.717) is 29.8 Å². The van der Waals surface area contributed by atoms with Gasteiger partial charge in [0, 0.05) is 36.1 Å². The van der Waals surface area contributed by atoms with Crippen molar-refractivity contribution < 1.29 is 14.4 Å². The van der Waals surface area contributed by atoms with E-state index in [4.69, 9.17) is 0 Å². The van der Waals surface area contributed by atoms with Crippen molar-refractivity contribution in [2.45, 2.75) is 12.8 Å². The van der Waals surface area contributed by atoms with Crippen LogP contribution in [0.1, 0.15) is 22.3 Å². The minimum absolute atomic E-state index is 0.0625. The molecule has 0 radical (unpaired) electrons. The number of benzene rings is 3. The van der Waals surface area contributed by atoms with Gasteiger partial charge in [-0.1, -0.05) is 36.4 Å². The molecule has 0 bridgehead atoms. The van der Waals surface area contributed by atoms with E-state index in [1.165, 1.54) is 0 Å². The zero-order valence-corrected chi connectivity index (χ0v) is 17.9. The molecule has 7 nitrogen and oxygen atoms in total. The molecule has 4 N–H and O–H groups in total. The Bertz CT molecular complexity index is 1070. The lowest BCUT2D eigenvalue weighted by Crippen LogP contribution is -2.22. The molecule has 0 saturated heterocycles. The highest BCUT2D eigenvalue weighted by molar-refractivity contribution is 5.96. The van der Waals surface area contributed by atoms with E-state index in [2.05, 4.69) is 21.3 Å². The highest BCUT2D eigenvalue weighted by Gasteiger charge is 2.07. The number of anilines is 3. The number of carbonyl (C=O) groups is 3. The summed E-state index contributed by atoms with van der Waals surface area (Å²) < 4.78 is 0. The van der Waals surface area contributed by atoms with Crippen molar-refractivity contribution in [2.75, 3.05) is 29.5 Å². The summed E-state index contributed by atoms with van der Waals surface area (Å²) in [6, 6.07) is 23.7. The first-order chi connectivity index (χ1) is 15.5. The number of carbonyl (C=O) groups excluding carboxylic acids is 3. The van der Waals surface area contributed by atoms with Crippen LogP contribution in [0.3, 0.4) is 0 Å². The lowest BCUT2D eigenvalue weighted by atomic mass is 10.1. The predicted octanol–water partition coefficient (Wildman–Crippen LogP) is 3.67. The summed E-state index contributed by atoms with van der Waals surface area (Å²) in [5.74, 6) is -0.478. The fraction of sp³-hybridized carbons (Fsp3) is 0.160. The van der Waals surface area contributed by atoms with Crippen LogP contribution in [-0.2, 0) is 16.0 Å². The average molecular weight is 431 g/mol. The summed E-state index contributed by atoms with van der Waals surface area (Å²) >= 11 is 0. The number of aryl methyl sites for hydroxylation is 1. The van der Waals surface area contributed by atoms with Crippen LogP contribution in [0.25, 0.3) is 0 Å². The second-order valence-electron chi connectivity index (χ2n) is 7.17. The highest BCUT2D eigenvalue weighted by Crippen LogP contribution is 2.16. The van der Waals surface area contributed by atoms with E-state index in [9.17, 15) is 14.4 Å². The molecular weight excluding hydrogens is 404 g/mol. The summed E-state index contributed by atoms with van der Waals surface area (Å²) in [5, 5.41) is 11.2. The molecule has 3 amide bonds. The Hall–Kier alpha value is -4.13. The number of amides is 3. The number of nitrogens with one attached hydrogen (secondary N) is 4. The molecule has 0 aromatic heterocycles. The predicted molar refractivity (Wildman–Crippen MR) is 127 cm³/mol. The van der Waals surface area contributed by atoms with E-state index in [1.807, 2.05) is 30.3 Å². The van der Waals surface area contributed by atoms with Crippen LogP contribution in [0.5, 0.6) is 0 Å². The molecule has 32 heavy (non-hydrogen) atoms. The fourth-order valence-corrected chi connectivity index (χ4v) is 3.07. The van der Waals surface area contributed by atoms with E-state index in [0.717, 1.165) is 11.3 Å². The highest BCUT2D eigenvalue weighted by atomic mass is 16.2. The molecule has 0 aliphatic heterocycles. The molecule has 7 heteroatoms. The van der Waals surface area contributed by atoms with Crippen LogP contribution in [0, 0.1) is 0 Å². The molecule has 0 spiro atoms. The molecule has 164 valence electrons. The summed E-state index contributed by atoms with van der Waals surface area (Å²) in [6.45, 7) is 0.0625. The van der Waals surface area contributed by atoms with E-state index >= 15 is 0 Å². The summed E-state index contributed by atoms with van der Waals surface area (Å²) in [7, 11) is 1.57. The standard InChI is InChI=1S/C25H26N4O3/c1-26-25(32)19-11-13-20(14-12-19)27-17-24(31)29-22-9-5-8-21(16-22)28-23(30)15-10-18-6-3-2-4-7-18/h2-9,11-14,16,27H,10,15,17H2,1H3,(H,26,32)(H,28,30)(H,29,31). The van der Waals surface area contributed by atoms with Crippen LogP contribution in [0.4, 0.5) is 17.1 Å². The van der Waals surface area contributed by atoms with Gasteiger partial charge < -0.3 is 21.3 Å². The Balaban J connectivity index is 1.46. The molecule has 0 aliphatic rings. The Morgan fingerprint density at radius 3 is 2.03 bits per heavy atom. The van der Waals surface area contributed by atoms with Gasteiger partial charge in [-0.3, -0.25) is 14.4 Å². The van der Waals surface area contributed by atoms with Crippen LogP contribution >= 0.6 is 0 Å². The third-order valence-corrected chi connectivity index (χ3v) is 4.74. The third kappa shape index (κ3) is 6.98. The topological polar surface area (TPSA) is 99.3 Å². The van der Waals surface area contributed by atoms with Gasteiger partial charge in [0.15, 0.2) is 0 Å². The van der Waals surface area contributed by atoms with E-state index in [-0.39, 0.29) is 24.3 Å². The van der Waals surface area contributed by atoms with Gasteiger partial charge in [-0.2, -0.15) is 0 Å². The Labute approximate surface area is 187 Å². The number of hydrogen-bond acceptors (Lipinski definition) is 4. The molecule has 0 aliphatic carbocycles. The SMILES string of the molecule is CNC(=O)c1ccc(NCC(=O)Nc2cccc(NC(=O)CCc3ccccc3)c2)cc1. The number of hydrogen-bond donors (Lipinski definition) is 4. The normalized spacial score (nSPS) is 10.2. The van der Waals surface area contributed by atoms with Gasteiger partial charge >= 0.3 is 0 Å². The Kier molecular flexibility index (Phi) is 7.97. The van der Waals surface area contributed by atoms with Gasteiger partial charge in [0.05, 0.1) is 6.54 Å². The molecule has 0 heterocycles. The zero-order chi connectivity index (χ0) is 22.8. The van der Waals surface area contributed by atoms with Crippen LogP contribution < -0.4 is 21.3 Å². The Morgan fingerprint density at radius 2 is 1.38 bits per heavy atom. The van der Waals surface area contributed by atoms with Crippen LogP contribution in [0.15, 0.2) is 78.9 Å². The molecule has 0 atom stereocenters. The summed E-state index contributed by atoms with van der Waals surface area (Å²) in [5.41, 5.74) is 3.60. The zero-order valence-electron chi connectivity index (χ0n) is 17.9. The lowest BCUT2D eigenvalue weighted by Gasteiger charge is -2.10. The monoisotopic (exact) mass is 430 g/mol. The molecule has 0 fully saturated rings. The van der Waals surface area contributed by atoms with Crippen molar-refractivity contribution in [1.29, 1.82) is 0 Å². The Morgan fingerprint density at radius 1 is 0.719 bits per heavy atom. The maximum Gasteiger partial charge on any atom is 0.251 e. The first-order valence-corrected chi connectivity index (χ1v) is 10.3. The molecule has 0 unspecified atom stereocenters. The van der Waals surface area contributed by atoms with Crippen molar-refractivity contribution in [2.24, 2.45) is 0 Å². The van der Waals surface area contributed by atoms with Crippen molar-refractivity contribution in [3.05, 3.63) is 90.0 Å². The third-order valence-electron chi connectivity index (χ3n) is 4.74. The van der Waals surface area contributed by atoms with Crippen LogP contribution in [0.2, 0.25) is 0 Å². The second-order valence-corrected chi connectivity index (χ2v) is 7.17. The second kappa shape index (κ2) is 11.3. The quantitative estimate of drug-likeness (QED) is 0.416. The largest absolute Gasteiger partial charge is 0.376 e. The minimum Gasteiger partial charge on any atom is -0.376 e. The van der Waals surface area contributed by atoms with Crippen molar-refractivity contribution in [1.82, 2.24) is 5.32 Å². The van der Waals surface area contributed by atoms with E-state index in [1.54, 1.807) is 55.6 Å². The van der Waals surface area contributed by atoms with Crippen LogP contribution in [-0.4, -0.2) is 31.3 Å². The van der Waals surface area contributed by atoms with Gasteiger partial charge in [0.2, 0.25) is 11.8 Å². The molecule has 0 saturated carbocycles. The molecule has 3 aromatic carbocycles. The summed E-state index contributed by atoms with van der Waals surface area (Å²) in [6.07, 6.45) is 1.04. The van der Waals surface area contributed by atoms with Gasteiger partial charge in [0.1, 0.15) is 0 Å². The molecule has 3 rings (SSSR count). The first kappa shape index (κ1) is 22.6. The maximum atomic E-state index is 12.3. The molecular formula is C25H26N4O3. The van der Waals surface area contributed by atoms with Crippen molar-refractivity contribution in [3.63, 3.8) is 0 Å². The lowest BCUT2D eigenvalue weighted by molar-refractivity contribution is -0.116. The first-order valence-electron chi connectivity index (χ1n) is 10.3. The van der Waals surface area contributed by atoms with Gasteiger partial charge in [0.25, 0.3) is 5.91 Å². The number of rotatable bonds is 9. The van der Waals surface area contributed by atoms with Gasteiger partial charge in [-0.05, 0) is 54.4 Å². The van der Waals surface area contributed by atoms with Crippen molar-refractivity contribution >= 4 is 34.8 Å². The average Bonchev–Trinajstić information content (AvgIpc) is 2.82. The van der Waals surface area contributed by atoms with Gasteiger partial charge in [-0.15, -0.1) is 0 Å². The smallest absolute Gasteiger partial charge is 0.251 e. The maximum absolute atomic E-state index is 12.3. The van der Waals surface area contributed by atoms with Crippen molar-refractivity contribution in [3.8, 4) is 0 Å². The minimum atomic E-state index is -0.229.